The number of aliphatic carboxylic acids is 1. The van der Waals surface area contributed by atoms with Crippen molar-refractivity contribution in [2.24, 2.45) is 0 Å². The first-order chi connectivity index (χ1) is 47.1. The molecule has 0 aromatic heterocycles. The first kappa shape index (κ1) is 92.7. The maximum absolute atomic E-state index is 13.0. The van der Waals surface area contributed by atoms with E-state index in [1.807, 2.05) is 21.1 Å². The summed E-state index contributed by atoms with van der Waals surface area (Å²) in [5, 5.41) is 11.9. The standard InChI is InChI=1S/C87H159NO8/c1-6-8-10-12-14-16-18-20-22-24-26-28-30-32-34-36-38-39-40-41-42-43-44-45-46-48-49-51-53-55-57-59-61-63-65-67-69-71-73-75-77-84(89)94-81-83(82-95-87(86(91)92)93-80-79-88(3,4)5)96-85(90)78-76-74-72-70-68-66-64-62-60-58-56-54-52-50-47-37-35-33-31-29-27-25-23-21-19-17-15-13-11-9-7-2/h9,11,15,17,21,23,27,29,33,35,47,50,83,87H,6-8,10,12-14,16,18-20,22,24-26,28,30-32,34,36-46,48-49,51-82H2,1-5H3/b11-9-,17-15-,23-21-,29-27-,35-33-,50-47-. The van der Waals surface area contributed by atoms with Crippen molar-refractivity contribution in [3.8, 4) is 0 Å². The van der Waals surface area contributed by atoms with Crippen LogP contribution < -0.4 is 5.11 Å². The van der Waals surface area contributed by atoms with Crippen molar-refractivity contribution in [2.45, 2.75) is 418 Å². The van der Waals surface area contributed by atoms with Crippen LogP contribution in [-0.2, 0) is 33.3 Å². The molecule has 0 saturated heterocycles. The number of hydrogen-bond donors (Lipinski definition) is 0. The van der Waals surface area contributed by atoms with Gasteiger partial charge in [-0.05, 0) is 64.2 Å². The molecule has 0 aromatic rings. The van der Waals surface area contributed by atoms with Crippen LogP contribution in [0.15, 0.2) is 72.9 Å². The second-order valence-electron chi connectivity index (χ2n) is 29.4. The molecule has 0 amide bonds. The van der Waals surface area contributed by atoms with Gasteiger partial charge in [0.05, 0.1) is 40.3 Å². The van der Waals surface area contributed by atoms with Gasteiger partial charge < -0.3 is 33.3 Å². The number of unbranched alkanes of at least 4 members (excludes halogenated alkanes) is 51. The third-order valence-electron chi connectivity index (χ3n) is 18.7. The van der Waals surface area contributed by atoms with Crippen LogP contribution in [0.4, 0.5) is 0 Å². The number of esters is 2. The van der Waals surface area contributed by atoms with Gasteiger partial charge in [-0.2, -0.15) is 0 Å². The van der Waals surface area contributed by atoms with Gasteiger partial charge in [0.2, 0.25) is 0 Å². The fourth-order valence-corrected chi connectivity index (χ4v) is 12.4. The molecule has 0 saturated carbocycles. The van der Waals surface area contributed by atoms with Crippen molar-refractivity contribution in [1.29, 1.82) is 0 Å². The fraction of sp³-hybridized carbons (Fsp3) is 0.828. The number of carboxylic acid groups (broad SMARTS) is 1. The maximum Gasteiger partial charge on any atom is 0.306 e. The van der Waals surface area contributed by atoms with Crippen LogP contribution >= 0.6 is 0 Å². The largest absolute Gasteiger partial charge is 0.545 e. The Morgan fingerprint density at radius 2 is 0.594 bits per heavy atom. The zero-order valence-corrected chi connectivity index (χ0v) is 64.3. The van der Waals surface area contributed by atoms with E-state index in [1.165, 1.54) is 295 Å². The molecule has 9 nitrogen and oxygen atoms in total. The summed E-state index contributed by atoms with van der Waals surface area (Å²) in [5.74, 6) is -2.26. The van der Waals surface area contributed by atoms with Crippen molar-refractivity contribution in [1.82, 2.24) is 0 Å². The highest BCUT2D eigenvalue weighted by atomic mass is 16.7. The fourth-order valence-electron chi connectivity index (χ4n) is 12.4. The number of carboxylic acids is 1. The van der Waals surface area contributed by atoms with Crippen LogP contribution in [0, 0.1) is 0 Å². The first-order valence-corrected chi connectivity index (χ1v) is 41.6. The summed E-state index contributed by atoms with van der Waals surface area (Å²) in [6.45, 7) is 4.69. The lowest BCUT2D eigenvalue weighted by atomic mass is 10.0. The Hall–Kier alpha value is -3.27. The van der Waals surface area contributed by atoms with E-state index >= 15 is 0 Å². The van der Waals surface area contributed by atoms with E-state index in [0.717, 1.165) is 77.0 Å². The number of nitrogens with zero attached hydrogens (tertiary/aromatic N) is 1. The Bertz CT molecular complexity index is 1810. The minimum Gasteiger partial charge on any atom is -0.545 e. The molecule has 0 N–H and O–H groups in total. The number of allylic oxidation sites excluding steroid dienone is 12. The minimum atomic E-state index is -1.62. The SMILES string of the molecule is CC/C=C\C/C=C\C/C=C\C/C=C\C/C=C\C/C=C\CCCCCCCCCCCCCCC(=O)OC(COC(=O)CCCCCCCCCCCCCCCCCCCCCCCCCCCCCCCCCCCCCCCCCC)COC(OCC[N+](C)(C)C)C(=O)[O-]. The normalized spacial score (nSPS) is 13.0. The van der Waals surface area contributed by atoms with Crippen LogP contribution in [0.3, 0.4) is 0 Å². The maximum atomic E-state index is 13.0. The predicted molar refractivity (Wildman–Crippen MR) is 412 cm³/mol. The van der Waals surface area contributed by atoms with Gasteiger partial charge in [0, 0.05) is 12.8 Å². The number of ether oxygens (including phenoxy) is 4. The molecular weight excluding hydrogens is 1190 g/mol. The van der Waals surface area contributed by atoms with E-state index in [1.54, 1.807) is 0 Å². The molecule has 2 unspecified atom stereocenters. The molecule has 0 bridgehead atoms. The van der Waals surface area contributed by atoms with Gasteiger partial charge in [-0.3, -0.25) is 9.59 Å². The Balaban J connectivity index is 3.95. The molecule has 560 valence electrons. The number of quaternary nitrogens is 1. The van der Waals surface area contributed by atoms with Crippen molar-refractivity contribution in [3.63, 3.8) is 0 Å². The van der Waals surface area contributed by atoms with Gasteiger partial charge in [-0.15, -0.1) is 0 Å². The summed E-state index contributed by atoms with van der Waals surface area (Å²) in [7, 11) is 5.95. The number of carbonyl (C=O) groups is 3. The Kier molecular flexibility index (Phi) is 74.8. The lowest BCUT2D eigenvalue weighted by molar-refractivity contribution is -0.870. The van der Waals surface area contributed by atoms with Gasteiger partial charge in [0.25, 0.3) is 0 Å². The summed E-state index contributed by atoms with van der Waals surface area (Å²) >= 11 is 0. The molecule has 0 heterocycles. The third-order valence-corrected chi connectivity index (χ3v) is 18.7. The zero-order valence-electron chi connectivity index (χ0n) is 64.3. The van der Waals surface area contributed by atoms with E-state index in [-0.39, 0.29) is 32.2 Å². The minimum absolute atomic E-state index is 0.147. The van der Waals surface area contributed by atoms with Crippen LogP contribution in [0.25, 0.3) is 0 Å². The van der Waals surface area contributed by atoms with Crippen molar-refractivity contribution < 1.29 is 42.9 Å². The van der Waals surface area contributed by atoms with Crippen molar-refractivity contribution in [3.05, 3.63) is 72.9 Å². The van der Waals surface area contributed by atoms with Crippen molar-refractivity contribution >= 4 is 17.9 Å². The molecule has 2 atom stereocenters. The lowest BCUT2D eigenvalue weighted by Gasteiger charge is -2.26. The molecule has 0 aliphatic rings. The average molecular weight is 1350 g/mol. The van der Waals surface area contributed by atoms with Crippen molar-refractivity contribution in [2.75, 3.05) is 47.5 Å². The molecule has 0 aromatic carbocycles. The Morgan fingerprint density at radius 3 is 0.885 bits per heavy atom. The number of carbonyl (C=O) groups excluding carboxylic acids is 3. The van der Waals surface area contributed by atoms with Crippen LogP contribution in [0.1, 0.15) is 406 Å². The second kappa shape index (κ2) is 77.5. The zero-order chi connectivity index (χ0) is 69.7. The van der Waals surface area contributed by atoms with Gasteiger partial charge in [-0.1, -0.05) is 401 Å². The highest BCUT2D eigenvalue weighted by Gasteiger charge is 2.22. The molecule has 0 aliphatic carbocycles. The molecule has 0 rings (SSSR count). The third kappa shape index (κ3) is 78.1. The lowest BCUT2D eigenvalue weighted by Crippen LogP contribution is -2.44. The molecule has 0 spiro atoms. The van der Waals surface area contributed by atoms with Gasteiger partial charge in [0.15, 0.2) is 12.4 Å². The average Bonchev–Trinajstić information content (AvgIpc) is 2.59. The van der Waals surface area contributed by atoms with Crippen LogP contribution in [0.5, 0.6) is 0 Å². The second-order valence-corrected chi connectivity index (χ2v) is 29.4. The van der Waals surface area contributed by atoms with E-state index < -0.39 is 24.3 Å². The highest BCUT2D eigenvalue weighted by molar-refractivity contribution is 5.70. The number of hydrogen-bond acceptors (Lipinski definition) is 8. The summed E-state index contributed by atoms with van der Waals surface area (Å²) < 4.78 is 22.9. The summed E-state index contributed by atoms with van der Waals surface area (Å²) in [6.07, 6.45) is 102. The van der Waals surface area contributed by atoms with E-state index in [9.17, 15) is 19.5 Å². The van der Waals surface area contributed by atoms with Crippen LogP contribution in [-0.4, -0.2) is 82.3 Å². The highest BCUT2D eigenvalue weighted by Crippen LogP contribution is 2.20. The summed E-state index contributed by atoms with van der Waals surface area (Å²) in [6, 6.07) is 0. The van der Waals surface area contributed by atoms with E-state index in [4.69, 9.17) is 18.9 Å². The molecule has 96 heavy (non-hydrogen) atoms. The monoisotopic (exact) mass is 1350 g/mol. The molecule has 0 aliphatic heterocycles. The first-order valence-electron chi connectivity index (χ1n) is 41.6. The van der Waals surface area contributed by atoms with Gasteiger partial charge >= 0.3 is 11.9 Å². The number of rotatable bonds is 78. The molecule has 0 fully saturated rings. The Labute approximate surface area is 596 Å². The molecule has 9 heteroatoms. The van der Waals surface area contributed by atoms with Gasteiger partial charge in [-0.25, -0.2) is 0 Å². The van der Waals surface area contributed by atoms with Crippen LogP contribution in [0.2, 0.25) is 0 Å². The summed E-state index contributed by atoms with van der Waals surface area (Å²) in [4.78, 5) is 37.6. The molecule has 0 radical (unpaired) electrons. The number of likely N-dealkylation sites (N-methyl/N-ethyl adjacent to an activating group) is 1. The predicted octanol–water partition coefficient (Wildman–Crippen LogP) is 25.4. The quantitative estimate of drug-likeness (QED) is 0.0195. The Morgan fingerprint density at radius 1 is 0.323 bits per heavy atom. The topological polar surface area (TPSA) is 111 Å². The van der Waals surface area contributed by atoms with Gasteiger partial charge in [0.1, 0.15) is 13.2 Å². The molecular formula is C87H159NO8. The smallest absolute Gasteiger partial charge is 0.306 e. The van der Waals surface area contributed by atoms with E-state index in [0.29, 0.717) is 23.9 Å². The summed E-state index contributed by atoms with van der Waals surface area (Å²) in [5.41, 5.74) is 0. The van der Waals surface area contributed by atoms with E-state index in [2.05, 4.69) is 86.8 Å².